The zero-order chi connectivity index (χ0) is 19.2. The number of amides is 1. The fourth-order valence-electron chi connectivity index (χ4n) is 3.36. The third-order valence-electron chi connectivity index (χ3n) is 4.87. The van der Waals surface area contributed by atoms with Gasteiger partial charge in [-0.3, -0.25) is 9.79 Å². The minimum atomic E-state index is -0.320. The van der Waals surface area contributed by atoms with Crippen molar-refractivity contribution in [2.45, 2.75) is 51.9 Å². The molecule has 2 rings (SSSR count). The van der Waals surface area contributed by atoms with Crippen LogP contribution in [0.15, 0.2) is 9.52 Å². The van der Waals surface area contributed by atoms with Crippen molar-refractivity contribution in [3.8, 4) is 0 Å². The number of aromatic nitrogens is 2. The van der Waals surface area contributed by atoms with Crippen LogP contribution in [0, 0.1) is 5.41 Å². The highest BCUT2D eigenvalue weighted by atomic mass is 127. The van der Waals surface area contributed by atoms with Crippen LogP contribution >= 0.6 is 24.0 Å². The Labute approximate surface area is 179 Å². The van der Waals surface area contributed by atoms with Crippen molar-refractivity contribution < 1.29 is 9.32 Å². The summed E-state index contributed by atoms with van der Waals surface area (Å²) in [6, 6.07) is 0. The molecule has 2 N–H and O–H groups in total. The van der Waals surface area contributed by atoms with Crippen molar-refractivity contribution in [1.29, 1.82) is 0 Å². The molecule has 8 nitrogen and oxygen atoms in total. The SMILES string of the molecule is CN=C(NCCc1nc(C(C)C)no1)NCC1(C(=O)N(C)C)CCCC1.I. The fraction of sp³-hybridized carbons (Fsp3) is 0.778. The van der Waals surface area contributed by atoms with Crippen LogP contribution in [0.25, 0.3) is 0 Å². The van der Waals surface area contributed by atoms with Gasteiger partial charge >= 0.3 is 0 Å². The standard InChI is InChI=1S/C18H32N6O2.HI/c1-13(2)15-22-14(26-23-15)8-11-20-17(19-3)21-12-18(9-6-7-10-18)16(25)24(4)5;/h13H,6-12H2,1-5H3,(H2,19,20,21);1H. The molecule has 0 atom stereocenters. The molecule has 1 aliphatic carbocycles. The van der Waals surface area contributed by atoms with Gasteiger partial charge in [0, 0.05) is 46.6 Å². The molecule has 0 radical (unpaired) electrons. The van der Waals surface area contributed by atoms with Gasteiger partial charge in [-0.1, -0.05) is 31.8 Å². The summed E-state index contributed by atoms with van der Waals surface area (Å²) in [7, 11) is 5.38. The van der Waals surface area contributed by atoms with Gasteiger partial charge in [0.15, 0.2) is 11.8 Å². The van der Waals surface area contributed by atoms with E-state index < -0.39 is 0 Å². The Kier molecular flexibility index (Phi) is 9.48. The quantitative estimate of drug-likeness (QED) is 0.344. The zero-order valence-electron chi connectivity index (χ0n) is 17.0. The van der Waals surface area contributed by atoms with E-state index in [1.165, 1.54) is 0 Å². The monoisotopic (exact) mass is 492 g/mol. The van der Waals surface area contributed by atoms with Gasteiger partial charge in [0.1, 0.15) is 0 Å². The van der Waals surface area contributed by atoms with E-state index in [1.807, 2.05) is 27.9 Å². The van der Waals surface area contributed by atoms with E-state index in [0.717, 1.165) is 31.5 Å². The summed E-state index contributed by atoms with van der Waals surface area (Å²) in [5, 5.41) is 10.5. The summed E-state index contributed by atoms with van der Waals surface area (Å²) in [5.41, 5.74) is -0.320. The predicted octanol–water partition coefficient (Wildman–Crippen LogP) is 2.17. The number of carbonyl (C=O) groups is 1. The van der Waals surface area contributed by atoms with Crippen LogP contribution in [0.3, 0.4) is 0 Å². The van der Waals surface area contributed by atoms with Crippen LogP contribution in [0.1, 0.15) is 57.2 Å². The van der Waals surface area contributed by atoms with Gasteiger partial charge < -0.3 is 20.1 Å². The minimum absolute atomic E-state index is 0. The molecule has 154 valence electrons. The van der Waals surface area contributed by atoms with Gasteiger partial charge in [-0.2, -0.15) is 4.98 Å². The van der Waals surface area contributed by atoms with E-state index in [0.29, 0.717) is 31.4 Å². The fourth-order valence-corrected chi connectivity index (χ4v) is 3.36. The maximum atomic E-state index is 12.6. The molecule has 1 amide bonds. The molecule has 27 heavy (non-hydrogen) atoms. The molecule has 1 heterocycles. The summed E-state index contributed by atoms with van der Waals surface area (Å²) in [6.45, 7) is 5.30. The number of hydrogen-bond donors (Lipinski definition) is 2. The Bertz CT molecular complexity index is 623. The molecule has 1 saturated carbocycles. The van der Waals surface area contributed by atoms with Gasteiger partial charge in [0.25, 0.3) is 0 Å². The summed E-state index contributed by atoms with van der Waals surface area (Å²) in [6.07, 6.45) is 4.68. The third kappa shape index (κ3) is 6.32. The second kappa shape index (κ2) is 10.8. The van der Waals surface area contributed by atoms with Crippen molar-refractivity contribution in [2.75, 3.05) is 34.2 Å². The molecular formula is C18H33IN6O2. The first kappa shape index (κ1) is 23.6. The molecular weight excluding hydrogens is 459 g/mol. The number of carbonyl (C=O) groups excluding carboxylic acids is 1. The van der Waals surface area contributed by atoms with E-state index in [2.05, 4.69) is 25.8 Å². The number of hydrogen-bond acceptors (Lipinski definition) is 5. The first-order valence-corrected chi connectivity index (χ1v) is 9.37. The summed E-state index contributed by atoms with van der Waals surface area (Å²) in [4.78, 5) is 22.9. The predicted molar refractivity (Wildman–Crippen MR) is 116 cm³/mol. The maximum absolute atomic E-state index is 12.6. The Morgan fingerprint density at radius 1 is 1.30 bits per heavy atom. The molecule has 0 aromatic carbocycles. The molecule has 0 aliphatic heterocycles. The van der Waals surface area contributed by atoms with Gasteiger partial charge in [-0.25, -0.2) is 0 Å². The molecule has 0 unspecified atom stereocenters. The first-order chi connectivity index (χ1) is 12.4. The molecule has 9 heteroatoms. The second-order valence-electron chi connectivity index (χ2n) is 7.49. The Morgan fingerprint density at radius 3 is 2.48 bits per heavy atom. The largest absolute Gasteiger partial charge is 0.356 e. The lowest BCUT2D eigenvalue weighted by molar-refractivity contribution is -0.138. The summed E-state index contributed by atoms with van der Waals surface area (Å²) < 4.78 is 5.24. The highest BCUT2D eigenvalue weighted by Crippen LogP contribution is 2.38. The van der Waals surface area contributed by atoms with Crippen LogP contribution in [0.4, 0.5) is 0 Å². The van der Waals surface area contributed by atoms with E-state index in [4.69, 9.17) is 4.52 Å². The number of halogens is 1. The number of nitrogens with zero attached hydrogens (tertiary/aromatic N) is 4. The van der Waals surface area contributed by atoms with Crippen molar-refractivity contribution in [3.05, 3.63) is 11.7 Å². The highest BCUT2D eigenvalue weighted by Gasteiger charge is 2.42. The summed E-state index contributed by atoms with van der Waals surface area (Å²) >= 11 is 0. The van der Waals surface area contributed by atoms with Crippen molar-refractivity contribution in [1.82, 2.24) is 25.7 Å². The zero-order valence-corrected chi connectivity index (χ0v) is 19.4. The lowest BCUT2D eigenvalue weighted by Gasteiger charge is -2.31. The minimum Gasteiger partial charge on any atom is -0.356 e. The van der Waals surface area contributed by atoms with E-state index in [1.54, 1.807) is 11.9 Å². The number of nitrogens with one attached hydrogen (secondary N) is 2. The van der Waals surface area contributed by atoms with Crippen LogP contribution in [-0.4, -0.2) is 61.1 Å². The first-order valence-electron chi connectivity index (χ1n) is 9.37. The van der Waals surface area contributed by atoms with E-state index in [9.17, 15) is 4.79 Å². The molecule has 1 aliphatic rings. The highest BCUT2D eigenvalue weighted by molar-refractivity contribution is 14.0. The molecule has 1 fully saturated rings. The topological polar surface area (TPSA) is 95.6 Å². The van der Waals surface area contributed by atoms with Crippen LogP contribution in [-0.2, 0) is 11.2 Å². The van der Waals surface area contributed by atoms with E-state index >= 15 is 0 Å². The number of rotatable bonds is 7. The average Bonchev–Trinajstić information content (AvgIpc) is 3.27. The second-order valence-corrected chi connectivity index (χ2v) is 7.49. The smallest absolute Gasteiger partial charge is 0.230 e. The van der Waals surface area contributed by atoms with Gasteiger partial charge in [-0.15, -0.1) is 24.0 Å². The molecule has 0 saturated heterocycles. The Morgan fingerprint density at radius 2 is 1.96 bits per heavy atom. The van der Waals surface area contributed by atoms with Crippen molar-refractivity contribution >= 4 is 35.8 Å². The average molecular weight is 492 g/mol. The molecule has 0 bridgehead atoms. The summed E-state index contributed by atoms with van der Waals surface area (Å²) in [5.74, 6) is 2.49. The molecule has 1 aromatic rings. The van der Waals surface area contributed by atoms with Crippen LogP contribution in [0.2, 0.25) is 0 Å². The van der Waals surface area contributed by atoms with Crippen molar-refractivity contribution in [2.24, 2.45) is 10.4 Å². The normalized spacial score (nSPS) is 16.1. The molecule has 1 aromatic heterocycles. The van der Waals surface area contributed by atoms with Gasteiger partial charge in [-0.05, 0) is 12.8 Å². The maximum Gasteiger partial charge on any atom is 0.230 e. The van der Waals surface area contributed by atoms with E-state index in [-0.39, 0.29) is 41.2 Å². The van der Waals surface area contributed by atoms with Crippen LogP contribution < -0.4 is 10.6 Å². The lowest BCUT2D eigenvalue weighted by atomic mass is 9.84. The third-order valence-corrected chi connectivity index (χ3v) is 4.87. The number of aliphatic imine (C=N–C) groups is 1. The van der Waals surface area contributed by atoms with Gasteiger partial charge in [0.05, 0.1) is 5.41 Å². The Hall–Kier alpha value is -1.39. The van der Waals surface area contributed by atoms with Crippen molar-refractivity contribution in [3.63, 3.8) is 0 Å². The van der Waals surface area contributed by atoms with Crippen LogP contribution in [0.5, 0.6) is 0 Å². The number of guanidine groups is 1. The Balaban J connectivity index is 0.00000364. The molecule has 0 spiro atoms. The van der Waals surface area contributed by atoms with Gasteiger partial charge in [0.2, 0.25) is 11.8 Å². The lowest BCUT2D eigenvalue weighted by Crippen LogP contribution is -2.49.